The molecular weight excluding hydrogens is 391 g/mol. The molecule has 3 rings (SSSR count). The normalized spacial score (nSPS) is 16.0. The molecule has 140 valence electrons. The van der Waals surface area contributed by atoms with Gasteiger partial charge in [0.1, 0.15) is 0 Å². The van der Waals surface area contributed by atoms with Crippen molar-refractivity contribution in [1.82, 2.24) is 4.90 Å². The first-order valence-electron chi connectivity index (χ1n) is 8.54. The molecular formula is C19H22Cl2N2O2S. The van der Waals surface area contributed by atoms with Crippen LogP contribution in [0.5, 0.6) is 0 Å². The molecule has 1 fully saturated rings. The zero-order valence-electron chi connectivity index (χ0n) is 14.7. The minimum absolute atomic E-state index is 0.363. The lowest BCUT2D eigenvalue weighted by Crippen LogP contribution is -2.47. The van der Waals surface area contributed by atoms with E-state index in [4.69, 9.17) is 23.2 Å². The number of hydrogen-bond donors (Lipinski definition) is 0. The molecule has 26 heavy (non-hydrogen) atoms. The van der Waals surface area contributed by atoms with Gasteiger partial charge in [-0.25, -0.2) is 8.42 Å². The van der Waals surface area contributed by atoms with Gasteiger partial charge in [0.25, 0.3) is 0 Å². The van der Waals surface area contributed by atoms with Gasteiger partial charge in [0.05, 0.1) is 14.9 Å². The predicted octanol–water partition coefficient (Wildman–Crippen LogP) is 3.76. The topological polar surface area (TPSA) is 40.6 Å². The fourth-order valence-electron chi connectivity index (χ4n) is 3.12. The Balaban J connectivity index is 1.51. The molecule has 1 aliphatic heterocycles. The van der Waals surface area contributed by atoms with Crippen molar-refractivity contribution in [3.8, 4) is 0 Å². The minimum atomic E-state index is -3.14. The molecule has 0 aliphatic carbocycles. The molecule has 1 aliphatic rings. The summed E-state index contributed by atoms with van der Waals surface area (Å²) < 4.78 is 23.1. The van der Waals surface area contributed by atoms with E-state index < -0.39 is 9.84 Å². The van der Waals surface area contributed by atoms with E-state index in [9.17, 15) is 8.42 Å². The summed E-state index contributed by atoms with van der Waals surface area (Å²) in [6, 6.07) is 12.9. The molecule has 0 unspecified atom stereocenters. The quantitative estimate of drug-likeness (QED) is 0.749. The molecule has 1 heterocycles. The summed E-state index contributed by atoms with van der Waals surface area (Å²) in [6.45, 7) is 4.81. The van der Waals surface area contributed by atoms with Crippen LogP contribution >= 0.6 is 23.2 Å². The third-order valence-corrected chi connectivity index (χ3v) is 6.57. The average molecular weight is 413 g/mol. The van der Waals surface area contributed by atoms with Crippen molar-refractivity contribution in [2.75, 3.05) is 43.9 Å². The number of rotatable bonds is 5. The maximum atomic E-state index is 11.6. The van der Waals surface area contributed by atoms with Crippen LogP contribution in [0.4, 0.5) is 5.69 Å². The Morgan fingerprint density at radius 2 is 1.58 bits per heavy atom. The summed E-state index contributed by atoms with van der Waals surface area (Å²) in [6.07, 6.45) is 2.18. The largest absolute Gasteiger partial charge is 0.369 e. The Kier molecular flexibility index (Phi) is 6.13. The van der Waals surface area contributed by atoms with Crippen LogP contribution in [0.3, 0.4) is 0 Å². The van der Waals surface area contributed by atoms with E-state index in [1.54, 1.807) is 12.1 Å². The maximum absolute atomic E-state index is 11.6. The molecule has 0 amide bonds. The van der Waals surface area contributed by atoms with Gasteiger partial charge in [-0.1, -0.05) is 29.3 Å². The van der Waals surface area contributed by atoms with Crippen molar-refractivity contribution in [3.63, 3.8) is 0 Å². The average Bonchev–Trinajstić information content (AvgIpc) is 2.62. The summed E-state index contributed by atoms with van der Waals surface area (Å²) in [5, 5.41) is 1.19. The molecule has 4 nitrogen and oxygen atoms in total. The smallest absolute Gasteiger partial charge is 0.175 e. The van der Waals surface area contributed by atoms with Gasteiger partial charge in [-0.15, -0.1) is 0 Å². The van der Waals surface area contributed by atoms with Gasteiger partial charge in [0.2, 0.25) is 0 Å². The van der Waals surface area contributed by atoms with Gasteiger partial charge in [0.15, 0.2) is 9.84 Å². The van der Waals surface area contributed by atoms with Crippen molar-refractivity contribution < 1.29 is 8.42 Å². The van der Waals surface area contributed by atoms with Crippen LogP contribution < -0.4 is 4.90 Å². The third-order valence-electron chi connectivity index (χ3n) is 4.70. The highest BCUT2D eigenvalue weighted by Crippen LogP contribution is 2.23. The molecule has 0 N–H and O–H groups in total. The lowest BCUT2D eigenvalue weighted by Gasteiger charge is -2.36. The van der Waals surface area contributed by atoms with Crippen molar-refractivity contribution in [2.45, 2.75) is 11.3 Å². The Bertz CT molecular complexity index is 862. The van der Waals surface area contributed by atoms with Crippen molar-refractivity contribution in [1.29, 1.82) is 0 Å². The van der Waals surface area contributed by atoms with Crippen LogP contribution in [0.2, 0.25) is 10.0 Å². The van der Waals surface area contributed by atoms with E-state index >= 15 is 0 Å². The second-order valence-corrected chi connectivity index (χ2v) is 9.42. The summed E-state index contributed by atoms with van der Waals surface area (Å²) in [4.78, 5) is 5.09. The third kappa shape index (κ3) is 4.92. The van der Waals surface area contributed by atoms with Crippen LogP contribution in [-0.2, 0) is 16.3 Å². The molecule has 1 saturated heterocycles. The van der Waals surface area contributed by atoms with Crippen LogP contribution in [0.25, 0.3) is 0 Å². The first-order chi connectivity index (χ1) is 12.3. The molecule has 0 aromatic heterocycles. The zero-order chi connectivity index (χ0) is 18.7. The van der Waals surface area contributed by atoms with Crippen LogP contribution in [0.1, 0.15) is 5.56 Å². The summed E-state index contributed by atoms with van der Waals surface area (Å²) in [5.74, 6) is 0. The highest BCUT2D eigenvalue weighted by atomic mass is 35.5. The summed E-state index contributed by atoms with van der Waals surface area (Å²) >= 11 is 12.0. The number of benzene rings is 2. The fraction of sp³-hybridized carbons (Fsp3) is 0.368. The van der Waals surface area contributed by atoms with E-state index in [0.717, 1.165) is 44.8 Å². The number of hydrogen-bond acceptors (Lipinski definition) is 4. The number of nitrogens with zero attached hydrogens (tertiary/aromatic N) is 2. The Morgan fingerprint density at radius 3 is 2.15 bits per heavy atom. The lowest BCUT2D eigenvalue weighted by atomic mass is 10.1. The number of sulfone groups is 1. The molecule has 0 atom stereocenters. The van der Waals surface area contributed by atoms with Crippen molar-refractivity contribution >= 4 is 38.7 Å². The van der Waals surface area contributed by atoms with E-state index in [0.29, 0.717) is 14.9 Å². The van der Waals surface area contributed by atoms with E-state index in [-0.39, 0.29) is 0 Å². The van der Waals surface area contributed by atoms with Gasteiger partial charge < -0.3 is 4.90 Å². The maximum Gasteiger partial charge on any atom is 0.175 e. The van der Waals surface area contributed by atoms with Gasteiger partial charge in [-0.05, 0) is 48.4 Å². The second kappa shape index (κ2) is 8.17. The number of halogens is 2. The van der Waals surface area contributed by atoms with Gasteiger partial charge in [0, 0.05) is 44.7 Å². The van der Waals surface area contributed by atoms with E-state index in [1.807, 2.05) is 30.3 Å². The number of piperazine rings is 1. The van der Waals surface area contributed by atoms with Crippen molar-refractivity contribution in [3.05, 3.63) is 58.1 Å². The molecule has 0 radical (unpaired) electrons. The summed E-state index contributed by atoms with van der Waals surface area (Å²) in [7, 11) is -3.14. The van der Waals surface area contributed by atoms with Crippen LogP contribution in [0.15, 0.2) is 47.4 Å². The zero-order valence-corrected chi connectivity index (χ0v) is 17.0. The van der Waals surface area contributed by atoms with Gasteiger partial charge in [-0.3, -0.25) is 4.90 Å². The Hall–Kier alpha value is -1.27. The van der Waals surface area contributed by atoms with Gasteiger partial charge >= 0.3 is 0 Å². The Labute approximate surface area is 165 Å². The molecule has 2 aromatic rings. The molecule has 0 saturated carbocycles. The van der Waals surface area contributed by atoms with Crippen LogP contribution in [-0.4, -0.2) is 52.3 Å². The molecule has 2 aromatic carbocycles. The molecule has 0 spiro atoms. The first kappa shape index (κ1) is 19.5. The standard InChI is InChI=1S/C19H22Cl2N2O2S/c1-26(24,25)17-5-3-16(4-6-17)23-12-10-22(11-13-23)9-8-15-2-7-18(20)19(21)14-15/h2-7,14H,8-13H2,1H3. The second-order valence-electron chi connectivity index (χ2n) is 6.59. The SMILES string of the molecule is CS(=O)(=O)c1ccc(N2CCN(CCc3ccc(Cl)c(Cl)c3)CC2)cc1. The molecule has 0 bridgehead atoms. The predicted molar refractivity (Wildman–Crippen MR) is 108 cm³/mol. The summed E-state index contributed by atoms with van der Waals surface area (Å²) in [5.41, 5.74) is 2.26. The van der Waals surface area contributed by atoms with Crippen molar-refractivity contribution in [2.24, 2.45) is 0 Å². The first-order valence-corrected chi connectivity index (χ1v) is 11.2. The highest BCUT2D eigenvalue weighted by Gasteiger charge is 2.17. The van der Waals surface area contributed by atoms with Crippen LogP contribution in [0, 0.1) is 0 Å². The Morgan fingerprint density at radius 1 is 0.923 bits per heavy atom. The molecule has 7 heteroatoms. The monoisotopic (exact) mass is 412 g/mol. The lowest BCUT2D eigenvalue weighted by molar-refractivity contribution is 0.261. The van der Waals surface area contributed by atoms with E-state index in [1.165, 1.54) is 11.8 Å². The fourth-order valence-corrected chi connectivity index (χ4v) is 4.07. The minimum Gasteiger partial charge on any atom is -0.369 e. The van der Waals surface area contributed by atoms with E-state index in [2.05, 4.69) is 9.80 Å². The van der Waals surface area contributed by atoms with Gasteiger partial charge in [-0.2, -0.15) is 0 Å². The number of anilines is 1. The highest BCUT2D eigenvalue weighted by molar-refractivity contribution is 7.90.